The quantitative estimate of drug-likeness (QED) is 0.185. The molecule has 95 heavy (non-hydrogen) atoms. The van der Waals surface area contributed by atoms with Gasteiger partial charge in [0, 0.05) is 49.9 Å². The normalized spacial score (nSPS) is 17.8. The minimum absolute atomic E-state index is 0.0559. The summed E-state index contributed by atoms with van der Waals surface area (Å²) in [7, 11) is 0. The Kier molecular flexibility index (Phi) is 13.2. The van der Waals surface area contributed by atoms with Gasteiger partial charge in [-0.05, 0) is 196 Å². The summed E-state index contributed by atoms with van der Waals surface area (Å²) in [6.45, 7) is 9.37. The largest absolute Gasteiger partial charge is 0.356 e. The Bertz CT molecular complexity index is 5180. The molecule has 2 unspecified atom stereocenters. The molecule has 0 radical (unpaired) electrons. The van der Waals surface area contributed by atoms with Crippen molar-refractivity contribution in [2.45, 2.75) is 74.0 Å². The molecule has 12 aromatic rings. The van der Waals surface area contributed by atoms with E-state index >= 15 is 0 Å². The van der Waals surface area contributed by atoms with Crippen molar-refractivity contribution in [2.75, 3.05) is 10.2 Å². The second-order valence-electron chi connectivity index (χ2n) is 27.8. The average molecular weight is 1280 g/mol. The summed E-state index contributed by atoms with van der Waals surface area (Å²) in [4.78, 5) is 2.54. The first-order chi connectivity index (χ1) is 46.6. The second-order valence-corrected chi connectivity index (χ2v) is 28.7. The zero-order chi connectivity index (χ0) is 63.8. The molecule has 0 bridgehead atoms. The molecule has 0 amide bonds. The molecule has 2 atom stereocenters. The maximum Gasteiger partial charge on any atom is 0.0706 e. The van der Waals surface area contributed by atoms with E-state index in [2.05, 4.69) is 363 Å². The van der Waals surface area contributed by atoms with E-state index in [1.165, 1.54) is 144 Å². The zero-order valence-electron chi connectivity index (χ0n) is 53.9. The molecular formula is C92H71BrN2. The number of hydrogen-bond donors (Lipinski definition) is 1. The average Bonchev–Trinajstić information content (AvgIpc) is 1.52. The minimum Gasteiger partial charge on any atom is -0.356 e. The first-order valence-corrected chi connectivity index (χ1v) is 34.6. The van der Waals surface area contributed by atoms with E-state index in [1.54, 1.807) is 0 Å². The molecule has 0 saturated carbocycles. The third-order valence-corrected chi connectivity index (χ3v) is 23.1. The summed E-state index contributed by atoms with van der Waals surface area (Å²) < 4.78 is 1.22. The van der Waals surface area contributed by atoms with Gasteiger partial charge in [-0.15, -0.1) is 0 Å². The van der Waals surface area contributed by atoms with Gasteiger partial charge >= 0.3 is 0 Å². The van der Waals surface area contributed by atoms with Gasteiger partial charge in [0.15, 0.2) is 0 Å². The Balaban J connectivity index is 0.000000115. The molecule has 1 N–H and O–H groups in total. The van der Waals surface area contributed by atoms with Crippen LogP contribution in [0.15, 0.2) is 331 Å². The Morgan fingerprint density at radius 1 is 0.337 bits per heavy atom. The smallest absolute Gasteiger partial charge is 0.0706 e. The van der Waals surface area contributed by atoms with Crippen LogP contribution in [0.2, 0.25) is 0 Å². The first kappa shape index (κ1) is 57.4. The fourth-order valence-corrected chi connectivity index (χ4v) is 19.2. The molecule has 0 fully saturated rings. The van der Waals surface area contributed by atoms with Crippen molar-refractivity contribution >= 4 is 44.4 Å². The number of halogens is 1. The maximum absolute atomic E-state index is 3.92. The number of allylic oxidation sites excluding steroid dienone is 8. The van der Waals surface area contributed by atoms with Crippen LogP contribution in [-0.2, 0) is 21.7 Å². The lowest BCUT2D eigenvalue weighted by Gasteiger charge is -2.37. The van der Waals surface area contributed by atoms with Crippen molar-refractivity contribution in [1.29, 1.82) is 0 Å². The molecule has 8 aliphatic rings. The fraction of sp³-hybridized carbons (Fsp3) is 0.130. The minimum atomic E-state index is -0.367. The van der Waals surface area contributed by atoms with Crippen LogP contribution in [0.4, 0.5) is 28.4 Å². The Morgan fingerprint density at radius 3 is 1.25 bits per heavy atom. The highest BCUT2D eigenvalue weighted by Crippen LogP contribution is 2.69. The van der Waals surface area contributed by atoms with Gasteiger partial charge in [0.2, 0.25) is 0 Å². The van der Waals surface area contributed by atoms with Gasteiger partial charge in [0.25, 0.3) is 0 Å². The van der Waals surface area contributed by atoms with Gasteiger partial charge in [-0.1, -0.05) is 298 Å². The van der Waals surface area contributed by atoms with E-state index in [0.29, 0.717) is 11.8 Å². The number of para-hydroxylation sites is 2. The summed E-state index contributed by atoms with van der Waals surface area (Å²) in [5.41, 5.74) is 36.3. The number of anilines is 5. The number of hydrogen-bond acceptors (Lipinski definition) is 2. The molecule has 0 heterocycles. The van der Waals surface area contributed by atoms with Gasteiger partial charge in [0.1, 0.15) is 0 Å². The maximum atomic E-state index is 3.92. The molecule has 456 valence electrons. The van der Waals surface area contributed by atoms with Crippen molar-refractivity contribution in [3.63, 3.8) is 0 Å². The van der Waals surface area contributed by atoms with Crippen LogP contribution in [0.1, 0.15) is 119 Å². The summed E-state index contributed by atoms with van der Waals surface area (Å²) in [5.74, 6) is 0.798. The molecule has 2 spiro atoms. The SMILES string of the molecule is Brc1cccc2c1C1(C3=CC=CCC32)c2ccccc2-c2ccccc21.CC1(C)c2ccccc2-c2ccc(N(c3ccccc3)c3cccc4c3C3(C5=CC=CCC54)c4ccccc4-c4ccccc43)cc21.CC1(C)c2ccccc2-c2ccc(Nc3ccccc3)cc21. The zero-order valence-corrected chi connectivity index (χ0v) is 55.5. The second kappa shape index (κ2) is 21.9. The molecule has 8 aliphatic carbocycles. The Labute approximate surface area is 567 Å². The standard InChI is InChI=1S/C46H35N.C25H17Br.C21H19N/c1-45(2)38-22-10-6-17-32(38)36-28-27-31(29-42(36)45)47(30-15-4-3-5-16-30)43-26-14-21-37-35-20-9-13-25-41(35)46(44(37)43)39-23-11-7-18-33(39)34-19-8-12-24-40(34)46;26-23-15-7-11-19-18-10-3-6-14-22(18)25(24(19)23)20-12-4-1-8-16(20)17-9-2-5-13-21(17)25;1-21(2)19-11-7-6-10-17(19)18-13-12-16(14-20(18)21)22-15-8-4-3-5-9-15/h3-19,21-29,35H,20H2,1-2H3;1-9,11-15,18H,10H2;3-14,22H,1-2H3. The molecule has 0 aliphatic heterocycles. The van der Waals surface area contributed by atoms with Crippen LogP contribution in [0.3, 0.4) is 0 Å². The molecule has 20 rings (SSSR count). The van der Waals surface area contributed by atoms with Gasteiger partial charge in [0.05, 0.1) is 16.5 Å². The number of nitrogens with zero attached hydrogens (tertiary/aromatic N) is 1. The van der Waals surface area contributed by atoms with Crippen LogP contribution < -0.4 is 10.2 Å². The molecule has 0 saturated heterocycles. The van der Waals surface area contributed by atoms with E-state index in [0.717, 1.165) is 24.2 Å². The number of rotatable bonds is 5. The monoisotopic (exact) mass is 1280 g/mol. The summed E-state index contributed by atoms with van der Waals surface area (Å²) in [6.07, 6.45) is 16.1. The lowest BCUT2D eigenvalue weighted by molar-refractivity contribution is 0.660. The number of fused-ring (bicyclic) bond motifs is 26. The van der Waals surface area contributed by atoms with E-state index < -0.39 is 0 Å². The molecular weight excluding hydrogens is 1210 g/mol. The van der Waals surface area contributed by atoms with E-state index in [9.17, 15) is 0 Å². The van der Waals surface area contributed by atoms with Crippen molar-refractivity contribution in [1.82, 2.24) is 0 Å². The third kappa shape index (κ3) is 8.28. The fourth-order valence-electron chi connectivity index (χ4n) is 18.5. The predicted octanol–water partition coefficient (Wildman–Crippen LogP) is 24.2. The van der Waals surface area contributed by atoms with Crippen molar-refractivity contribution in [3.8, 4) is 44.5 Å². The highest BCUT2D eigenvalue weighted by Gasteiger charge is 2.58. The van der Waals surface area contributed by atoms with Crippen LogP contribution in [-0.4, -0.2) is 0 Å². The highest BCUT2D eigenvalue weighted by molar-refractivity contribution is 9.10. The summed E-state index contributed by atoms with van der Waals surface area (Å²) >= 11 is 3.92. The lowest BCUT2D eigenvalue weighted by atomic mass is 9.68. The van der Waals surface area contributed by atoms with Crippen LogP contribution in [0, 0.1) is 0 Å². The van der Waals surface area contributed by atoms with Crippen molar-refractivity contribution < 1.29 is 0 Å². The van der Waals surface area contributed by atoms with E-state index in [4.69, 9.17) is 0 Å². The van der Waals surface area contributed by atoms with Crippen molar-refractivity contribution in [3.05, 3.63) is 398 Å². The van der Waals surface area contributed by atoms with Crippen molar-refractivity contribution in [2.24, 2.45) is 0 Å². The van der Waals surface area contributed by atoms with Gasteiger partial charge in [-0.2, -0.15) is 0 Å². The molecule has 2 nitrogen and oxygen atoms in total. The third-order valence-electron chi connectivity index (χ3n) is 22.4. The van der Waals surface area contributed by atoms with Gasteiger partial charge in [-0.25, -0.2) is 0 Å². The summed E-state index contributed by atoms with van der Waals surface area (Å²) in [6, 6.07) is 103. The van der Waals surface area contributed by atoms with Gasteiger partial charge in [-0.3, -0.25) is 0 Å². The molecule has 12 aromatic carbocycles. The van der Waals surface area contributed by atoms with Crippen LogP contribution in [0.25, 0.3) is 44.5 Å². The Morgan fingerprint density at radius 2 is 0.737 bits per heavy atom. The first-order valence-electron chi connectivity index (χ1n) is 33.8. The lowest BCUT2D eigenvalue weighted by Crippen LogP contribution is -2.29. The van der Waals surface area contributed by atoms with E-state index in [-0.39, 0.29) is 21.7 Å². The Hall–Kier alpha value is -10.3. The van der Waals surface area contributed by atoms with Crippen LogP contribution >= 0.6 is 15.9 Å². The predicted molar refractivity (Wildman–Crippen MR) is 399 cm³/mol. The molecule has 3 heteroatoms. The summed E-state index contributed by atoms with van der Waals surface area (Å²) in [5, 5.41) is 3.50. The number of nitrogens with one attached hydrogen (secondary N) is 1. The topological polar surface area (TPSA) is 15.3 Å². The van der Waals surface area contributed by atoms with Crippen LogP contribution in [0.5, 0.6) is 0 Å². The molecule has 0 aromatic heterocycles. The highest BCUT2D eigenvalue weighted by atomic mass is 79.9. The van der Waals surface area contributed by atoms with Gasteiger partial charge < -0.3 is 10.2 Å². The van der Waals surface area contributed by atoms with E-state index in [1.807, 2.05) is 6.07 Å². The number of benzene rings is 12.